The van der Waals surface area contributed by atoms with Crippen molar-refractivity contribution in [1.82, 2.24) is 30.5 Å². The van der Waals surface area contributed by atoms with Crippen LogP contribution in [0.25, 0.3) is 16.6 Å². The number of anilines is 2. The summed E-state index contributed by atoms with van der Waals surface area (Å²) in [5.74, 6) is 2.05. The van der Waals surface area contributed by atoms with Crippen LogP contribution in [0.1, 0.15) is 36.5 Å². The highest BCUT2D eigenvalue weighted by Gasteiger charge is 2.10. The molecule has 9 nitrogen and oxygen atoms in total. The van der Waals surface area contributed by atoms with Gasteiger partial charge in [-0.1, -0.05) is 19.9 Å². The van der Waals surface area contributed by atoms with E-state index in [0.29, 0.717) is 29.9 Å². The molecule has 9 heteroatoms. The number of nitrogens with zero attached hydrogens (tertiary/aromatic N) is 6. The van der Waals surface area contributed by atoms with E-state index in [1.54, 1.807) is 31.0 Å². The molecule has 4 aromatic rings. The Bertz CT molecular complexity index is 1330. The van der Waals surface area contributed by atoms with Gasteiger partial charge in [0, 0.05) is 43.0 Å². The first-order valence-corrected chi connectivity index (χ1v) is 11.0. The lowest BCUT2D eigenvalue weighted by molar-refractivity contribution is 0.843. The summed E-state index contributed by atoms with van der Waals surface area (Å²) in [5.41, 5.74) is 11.5. The largest absolute Gasteiger partial charge is 0.393 e. The van der Waals surface area contributed by atoms with Crippen LogP contribution in [-0.4, -0.2) is 38.0 Å². The van der Waals surface area contributed by atoms with Gasteiger partial charge in [0.05, 0.1) is 23.8 Å². The quantitative estimate of drug-likeness (QED) is 0.272. The first-order valence-electron chi connectivity index (χ1n) is 11.0. The second kappa shape index (κ2) is 10.5. The van der Waals surface area contributed by atoms with Gasteiger partial charge in [0.1, 0.15) is 11.7 Å². The summed E-state index contributed by atoms with van der Waals surface area (Å²) >= 11 is 0. The van der Waals surface area contributed by atoms with Gasteiger partial charge in [-0.3, -0.25) is 15.0 Å². The molecule has 0 atom stereocenters. The zero-order valence-corrected chi connectivity index (χ0v) is 19.4. The van der Waals surface area contributed by atoms with Gasteiger partial charge in [-0.05, 0) is 47.4 Å². The van der Waals surface area contributed by atoms with Gasteiger partial charge in [0.25, 0.3) is 0 Å². The summed E-state index contributed by atoms with van der Waals surface area (Å²) in [7, 11) is 1.81. The molecule has 0 fully saturated rings. The van der Waals surface area contributed by atoms with Crippen LogP contribution in [-0.2, 0) is 6.54 Å². The fourth-order valence-corrected chi connectivity index (χ4v) is 3.32. The minimum Gasteiger partial charge on any atom is -0.393 e. The molecule has 4 heterocycles. The van der Waals surface area contributed by atoms with Gasteiger partial charge in [0.15, 0.2) is 5.82 Å². The van der Waals surface area contributed by atoms with Crippen LogP contribution < -0.4 is 16.4 Å². The van der Waals surface area contributed by atoms with E-state index in [-0.39, 0.29) is 0 Å². The van der Waals surface area contributed by atoms with Gasteiger partial charge in [-0.25, -0.2) is 4.98 Å². The predicted octanol–water partition coefficient (Wildman–Crippen LogP) is 3.80. The topological polar surface area (TPSA) is 127 Å². The van der Waals surface area contributed by atoms with Crippen LogP contribution in [0.4, 0.5) is 11.6 Å². The summed E-state index contributed by atoms with van der Waals surface area (Å²) < 4.78 is 0. The van der Waals surface area contributed by atoms with Crippen molar-refractivity contribution in [3.05, 3.63) is 84.1 Å². The second-order valence-corrected chi connectivity index (χ2v) is 8.02. The number of rotatable bonds is 8. The molecule has 0 bridgehead atoms. The average Bonchev–Trinajstić information content (AvgIpc) is 2.86. The number of aliphatic imine (C=N–C) groups is 1. The van der Waals surface area contributed by atoms with Gasteiger partial charge < -0.3 is 16.4 Å². The van der Waals surface area contributed by atoms with Crippen molar-refractivity contribution in [2.75, 3.05) is 12.4 Å². The Morgan fingerprint density at radius 1 is 1.09 bits per heavy atom. The Labute approximate surface area is 198 Å². The summed E-state index contributed by atoms with van der Waals surface area (Å²) in [6.07, 6.45) is 8.85. The molecule has 0 aliphatic rings. The number of nitrogens with one attached hydrogen (secondary N) is 2. The fourth-order valence-electron chi connectivity index (χ4n) is 3.32. The van der Waals surface area contributed by atoms with Crippen LogP contribution in [0, 0.1) is 0 Å². The number of hydrogen-bond acceptors (Lipinski definition) is 8. The van der Waals surface area contributed by atoms with Crippen LogP contribution in [0.2, 0.25) is 0 Å². The zero-order valence-electron chi connectivity index (χ0n) is 19.4. The van der Waals surface area contributed by atoms with Gasteiger partial charge >= 0.3 is 0 Å². The third-order valence-corrected chi connectivity index (χ3v) is 5.17. The predicted molar refractivity (Wildman–Crippen MR) is 136 cm³/mol. The van der Waals surface area contributed by atoms with Crippen molar-refractivity contribution in [3.63, 3.8) is 0 Å². The van der Waals surface area contributed by atoms with Crippen LogP contribution in [0.5, 0.6) is 0 Å². The van der Waals surface area contributed by atoms with Crippen LogP contribution in [0.3, 0.4) is 0 Å². The van der Waals surface area contributed by atoms with E-state index in [4.69, 9.17) is 10.7 Å². The van der Waals surface area contributed by atoms with Crippen molar-refractivity contribution in [2.45, 2.75) is 26.3 Å². The molecule has 4 N–H and O–H groups in total. The number of fused-ring (bicyclic) bond motifs is 1. The fraction of sp³-hybridized carbons (Fsp3) is 0.200. The highest BCUT2D eigenvalue weighted by Crippen LogP contribution is 2.22. The monoisotopic (exact) mass is 453 g/mol. The van der Waals surface area contributed by atoms with Crippen molar-refractivity contribution in [2.24, 2.45) is 10.7 Å². The lowest BCUT2D eigenvalue weighted by atomic mass is 10.1. The molecule has 34 heavy (non-hydrogen) atoms. The molecule has 0 aliphatic carbocycles. The Balaban J connectivity index is 1.61. The van der Waals surface area contributed by atoms with Gasteiger partial charge in [-0.15, -0.1) is 5.10 Å². The molecule has 0 radical (unpaired) electrons. The Morgan fingerprint density at radius 2 is 1.97 bits per heavy atom. The molecule has 172 valence electrons. The van der Waals surface area contributed by atoms with Gasteiger partial charge in [-0.2, -0.15) is 5.10 Å². The van der Waals surface area contributed by atoms with E-state index in [1.807, 2.05) is 43.4 Å². The minimum absolute atomic E-state index is 0.357. The molecule has 0 saturated heterocycles. The smallest absolute Gasteiger partial charge is 0.154 e. The Hall–Kier alpha value is -4.40. The second-order valence-electron chi connectivity index (χ2n) is 8.02. The molecule has 0 unspecified atom stereocenters. The minimum atomic E-state index is 0.357. The van der Waals surface area contributed by atoms with E-state index in [2.05, 4.69) is 49.6 Å². The Kier molecular flexibility index (Phi) is 7.02. The third kappa shape index (κ3) is 5.50. The number of amidine groups is 1. The maximum absolute atomic E-state index is 6.34. The molecule has 0 aliphatic heterocycles. The summed E-state index contributed by atoms with van der Waals surface area (Å²) in [4.78, 5) is 17.9. The Morgan fingerprint density at radius 3 is 2.74 bits per heavy atom. The van der Waals surface area contributed by atoms with Gasteiger partial charge in [0.2, 0.25) is 0 Å². The first kappa shape index (κ1) is 22.8. The lowest BCUT2D eigenvalue weighted by Gasteiger charge is -2.10. The molecule has 0 saturated carbocycles. The summed E-state index contributed by atoms with van der Waals surface area (Å²) in [5, 5.41) is 14.5. The molecule has 0 aromatic carbocycles. The van der Waals surface area contributed by atoms with Crippen molar-refractivity contribution in [1.29, 1.82) is 0 Å². The number of pyridine rings is 3. The zero-order chi connectivity index (χ0) is 23.9. The van der Waals surface area contributed by atoms with Crippen molar-refractivity contribution >= 4 is 34.1 Å². The van der Waals surface area contributed by atoms with Crippen molar-refractivity contribution < 1.29 is 0 Å². The maximum Gasteiger partial charge on any atom is 0.154 e. The van der Waals surface area contributed by atoms with E-state index < -0.39 is 0 Å². The molecule has 4 aromatic heterocycles. The van der Waals surface area contributed by atoms with Crippen LogP contribution in [0.15, 0.2) is 72.4 Å². The molecular formula is C25H27N9. The standard InChI is InChI=1S/C25H27N9/c1-16(2)18-10-24(34-31-14-18)33-23-7-6-21-22(32-23)9-19(13-29-21)20(15-27-3)25(26)30-12-17-5-4-8-28-11-17/h4-11,13-16,27H,12H2,1-3H3,(H2,26,30)(H,32,33,34)/b20-15-. The average molecular weight is 454 g/mol. The number of hydrogen-bond donors (Lipinski definition) is 3. The molecule has 0 amide bonds. The number of nitrogens with two attached hydrogens (primary N) is 1. The highest BCUT2D eigenvalue weighted by atomic mass is 15.2. The molecule has 0 spiro atoms. The summed E-state index contributed by atoms with van der Waals surface area (Å²) in [6.45, 7) is 4.67. The maximum atomic E-state index is 6.34. The molecule has 4 rings (SSSR count). The van der Waals surface area contributed by atoms with E-state index >= 15 is 0 Å². The normalized spacial score (nSPS) is 12.2. The van der Waals surface area contributed by atoms with Crippen molar-refractivity contribution in [3.8, 4) is 0 Å². The number of aromatic nitrogens is 5. The SMILES string of the molecule is CN/C=C(\C(N)=NCc1cccnc1)c1cnc2ccc(Nc3cc(C(C)C)cnn3)nc2c1. The highest BCUT2D eigenvalue weighted by molar-refractivity contribution is 6.22. The van der Waals surface area contributed by atoms with E-state index in [9.17, 15) is 0 Å². The van der Waals surface area contributed by atoms with E-state index in [0.717, 1.165) is 33.3 Å². The van der Waals surface area contributed by atoms with E-state index in [1.165, 1.54) is 0 Å². The first-order chi connectivity index (χ1) is 16.5. The van der Waals surface area contributed by atoms with Crippen LogP contribution >= 0.6 is 0 Å². The molecular weight excluding hydrogens is 426 g/mol. The lowest BCUT2D eigenvalue weighted by Crippen LogP contribution is -2.17. The third-order valence-electron chi connectivity index (χ3n) is 5.17. The summed E-state index contributed by atoms with van der Waals surface area (Å²) in [6, 6.07) is 11.5.